The van der Waals surface area contributed by atoms with E-state index in [4.69, 9.17) is 0 Å². The summed E-state index contributed by atoms with van der Waals surface area (Å²) < 4.78 is 1.48. The van der Waals surface area contributed by atoms with Gasteiger partial charge in [-0.15, -0.1) is 10.2 Å². The molecule has 0 radical (unpaired) electrons. The molecule has 0 saturated carbocycles. The van der Waals surface area contributed by atoms with Gasteiger partial charge < -0.3 is 10.2 Å². The number of nitriles is 1. The zero-order valence-corrected chi connectivity index (χ0v) is 15.5. The Bertz CT molecular complexity index is 1010. The Kier molecular flexibility index (Phi) is 5.08. The maximum absolute atomic E-state index is 9.37. The van der Waals surface area contributed by atoms with Gasteiger partial charge in [0.25, 0.3) is 0 Å². The molecule has 0 aliphatic rings. The maximum Gasteiger partial charge on any atom is 0.197 e. The van der Waals surface area contributed by atoms with Crippen LogP contribution in [0.3, 0.4) is 0 Å². The van der Waals surface area contributed by atoms with E-state index in [0.29, 0.717) is 28.7 Å². The van der Waals surface area contributed by atoms with E-state index in [-0.39, 0.29) is 0 Å². The summed E-state index contributed by atoms with van der Waals surface area (Å²) >= 11 is 0. The van der Waals surface area contributed by atoms with Crippen molar-refractivity contribution < 1.29 is 0 Å². The number of anilines is 2. The molecule has 3 heterocycles. The average Bonchev–Trinajstić information content (AvgIpc) is 3.09. The van der Waals surface area contributed by atoms with Gasteiger partial charge in [-0.1, -0.05) is 6.07 Å². The molecule has 0 aliphatic heterocycles. The van der Waals surface area contributed by atoms with Gasteiger partial charge in [0.1, 0.15) is 23.1 Å². The molecule has 0 aromatic carbocycles. The van der Waals surface area contributed by atoms with Gasteiger partial charge in [0, 0.05) is 27.3 Å². The molecule has 136 valence electrons. The van der Waals surface area contributed by atoms with Crippen molar-refractivity contribution in [2.75, 3.05) is 31.4 Å². The zero-order valence-electron chi connectivity index (χ0n) is 15.5. The summed E-state index contributed by atoms with van der Waals surface area (Å²) in [6.07, 6.45) is 3.10. The van der Waals surface area contributed by atoms with Gasteiger partial charge in [0.05, 0.1) is 6.20 Å². The van der Waals surface area contributed by atoms with Crippen molar-refractivity contribution in [2.45, 2.75) is 6.92 Å². The summed E-state index contributed by atoms with van der Waals surface area (Å²) in [5.41, 5.74) is 1.82. The van der Waals surface area contributed by atoms with Crippen LogP contribution in [0, 0.1) is 18.3 Å². The summed E-state index contributed by atoms with van der Waals surface area (Å²) in [4.78, 5) is 10.7. The Morgan fingerprint density at radius 3 is 2.70 bits per heavy atom. The number of nitrogens with zero attached hydrogens (tertiary/aromatic N) is 8. The van der Waals surface area contributed by atoms with Crippen LogP contribution in [0.5, 0.6) is 0 Å². The van der Waals surface area contributed by atoms with Crippen molar-refractivity contribution in [1.29, 1.82) is 5.26 Å². The smallest absolute Gasteiger partial charge is 0.197 e. The van der Waals surface area contributed by atoms with Crippen LogP contribution in [0.2, 0.25) is 0 Å². The van der Waals surface area contributed by atoms with E-state index in [9.17, 15) is 5.26 Å². The zero-order chi connectivity index (χ0) is 19.4. The summed E-state index contributed by atoms with van der Waals surface area (Å²) in [6, 6.07) is 9.44. The monoisotopic (exact) mass is 361 g/mol. The van der Waals surface area contributed by atoms with E-state index in [2.05, 4.69) is 36.7 Å². The number of rotatable bonds is 5. The van der Waals surface area contributed by atoms with Crippen molar-refractivity contribution in [2.24, 2.45) is 10.2 Å². The van der Waals surface area contributed by atoms with E-state index < -0.39 is 0 Å². The Morgan fingerprint density at radius 2 is 2.07 bits per heavy atom. The number of nitrogens with one attached hydrogen (secondary N) is 1. The van der Waals surface area contributed by atoms with E-state index in [1.54, 1.807) is 25.4 Å². The summed E-state index contributed by atoms with van der Waals surface area (Å²) in [5, 5.41) is 25.3. The minimum Gasteiger partial charge on any atom is -0.371 e. The Hall–Kier alpha value is -3.80. The molecule has 0 bridgehead atoms. The molecule has 3 rings (SSSR count). The number of azo groups is 1. The molecular weight excluding hydrogens is 342 g/mol. The fourth-order valence-electron chi connectivity index (χ4n) is 2.44. The van der Waals surface area contributed by atoms with Crippen molar-refractivity contribution in [3.05, 3.63) is 47.8 Å². The SMILES string of the molecule is CNc1nc(N(C)C)cc(C)c1N=Nc1c(C#N)cnn1-c1ccccn1. The standard InChI is InChI=1S/C18H19N9/c1-12-9-15(26(3)4)23-17(20-2)16(12)24-25-18-13(10-19)11-22-27(18)14-7-5-6-8-21-14/h5-9,11H,1-4H3,(H,20,23). The third kappa shape index (κ3) is 3.59. The van der Waals surface area contributed by atoms with Crippen LogP contribution in [-0.2, 0) is 0 Å². The third-order valence-electron chi connectivity index (χ3n) is 3.84. The molecule has 3 aromatic heterocycles. The fraction of sp³-hybridized carbons (Fsp3) is 0.222. The van der Waals surface area contributed by atoms with Gasteiger partial charge in [-0.05, 0) is 30.7 Å². The second-order valence-corrected chi connectivity index (χ2v) is 5.93. The Balaban J connectivity index is 2.08. The quantitative estimate of drug-likeness (QED) is 0.698. The Morgan fingerprint density at radius 1 is 1.26 bits per heavy atom. The first-order valence-electron chi connectivity index (χ1n) is 8.23. The minimum atomic E-state index is 0.311. The maximum atomic E-state index is 9.37. The molecule has 27 heavy (non-hydrogen) atoms. The lowest BCUT2D eigenvalue weighted by atomic mass is 10.2. The molecular formula is C18H19N9. The number of hydrogen-bond acceptors (Lipinski definition) is 8. The molecule has 0 aliphatic carbocycles. The van der Waals surface area contributed by atoms with E-state index in [1.807, 2.05) is 38.1 Å². The van der Waals surface area contributed by atoms with Crippen molar-refractivity contribution in [1.82, 2.24) is 19.7 Å². The molecule has 3 aromatic rings. The first kappa shape index (κ1) is 18.0. The number of pyridine rings is 2. The average molecular weight is 361 g/mol. The fourth-order valence-corrected chi connectivity index (χ4v) is 2.44. The van der Waals surface area contributed by atoms with Crippen LogP contribution in [0.1, 0.15) is 11.1 Å². The summed E-state index contributed by atoms with van der Waals surface area (Å²) in [7, 11) is 5.62. The first-order valence-corrected chi connectivity index (χ1v) is 8.23. The van der Waals surface area contributed by atoms with Gasteiger partial charge in [-0.25, -0.2) is 9.97 Å². The molecule has 1 N–H and O–H groups in total. The normalized spacial score (nSPS) is 10.8. The van der Waals surface area contributed by atoms with Crippen molar-refractivity contribution in [3.63, 3.8) is 0 Å². The van der Waals surface area contributed by atoms with Crippen molar-refractivity contribution in [3.8, 4) is 11.9 Å². The van der Waals surface area contributed by atoms with Gasteiger partial charge in [0.2, 0.25) is 0 Å². The Labute approximate surface area is 157 Å². The highest BCUT2D eigenvalue weighted by molar-refractivity contribution is 5.68. The third-order valence-corrected chi connectivity index (χ3v) is 3.84. The second-order valence-electron chi connectivity index (χ2n) is 5.93. The second kappa shape index (κ2) is 7.61. The van der Waals surface area contributed by atoms with Crippen molar-refractivity contribution >= 4 is 23.1 Å². The highest BCUT2D eigenvalue weighted by Crippen LogP contribution is 2.32. The van der Waals surface area contributed by atoms with Gasteiger partial charge in [-0.2, -0.15) is 15.0 Å². The molecule has 0 fully saturated rings. The van der Waals surface area contributed by atoms with Gasteiger partial charge in [0.15, 0.2) is 17.5 Å². The molecule has 9 nitrogen and oxygen atoms in total. The highest BCUT2D eigenvalue weighted by Gasteiger charge is 2.14. The number of aryl methyl sites for hydroxylation is 1. The predicted molar refractivity (Wildman–Crippen MR) is 103 cm³/mol. The van der Waals surface area contributed by atoms with Crippen LogP contribution in [0.4, 0.5) is 23.1 Å². The highest BCUT2D eigenvalue weighted by atomic mass is 15.4. The summed E-state index contributed by atoms with van der Waals surface area (Å²) in [6.45, 7) is 1.94. The lowest BCUT2D eigenvalue weighted by molar-refractivity contribution is 0.839. The number of aromatic nitrogens is 4. The van der Waals surface area contributed by atoms with Crippen LogP contribution in [0.25, 0.3) is 5.82 Å². The van der Waals surface area contributed by atoms with E-state index in [1.165, 1.54) is 10.9 Å². The molecule has 9 heteroatoms. The molecule has 0 spiro atoms. The lowest BCUT2D eigenvalue weighted by Crippen LogP contribution is -2.11. The van der Waals surface area contributed by atoms with Crippen LogP contribution in [-0.4, -0.2) is 40.9 Å². The van der Waals surface area contributed by atoms with E-state index >= 15 is 0 Å². The topological polar surface area (TPSA) is 107 Å². The van der Waals surface area contributed by atoms with Gasteiger partial charge in [-0.3, -0.25) is 0 Å². The van der Waals surface area contributed by atoms with Crippen LogP contribution in [0.15, 0.2) is 46.9 Å². The molecule has 0 saturated heterocycles. The minimum absolute atomic E-state index is 0.311. The molecule has 0 unspecified atom stereocenters. The predicted octanol–water partition coefficient (Wildman–Crippen LogP) is 3.37. The first-order chi connectivity index (χ1) is 13.0. The number of hydrogen-bond donors (Lipinski definition) is 1. The summed E-state index contributed by atoms with van der Waals surface area (Å²) in [5.74, 6) is 2.28. The lowest BCUT2D eigenvalue weighted by Gasteiger charge is -2.15. The largest absolute Gasteiger partial charge is 0.371 e. The van der Waals surface area contributed by atoms with Crippen LogP contribution >= 0.6 is 0 Å². The van der Waals surface area contributed by atoms with Crippen LogP contribution < -0.4 is 10.2 Å². The van der Waals surface area contributed by atoms with E-state index in [0.717, 1.165) is 11.4 Å². The molecule has 0 amide bonds. The van der Waals surface area contributed by atoms with Gasteiger partial charge >= 0.3 is 0 Å². The molecule has 0 atom stereocenters.